The van der Waals surface area contributed by atoms with Crippen LogP contribution in [-0.2, 0) is 25.7 Å². The van der Waals surface area contributed by atoms with Crippen LogP contribution in [-0.4, -0.2) is 24.8 Å². The topological polar surface area (TPSA) is 71.1 Å². The Labute approximate surface area is 178 Å². The van der Waals surface area contributed by atoms with Crippen molar-refractivity contribution in [3.8, 4) is 11.5 Å². The molecule has 11 heteroatoms. The second-order valence-electron chi connectivity index (χ2n) is 7.00. The number of cyclic esters (lactones) is 2. The molecule has 3 rings (SSSR count). The second kappa shape index (κ2) is 8.48. The Balaban J connectivity index is 1.92. The minimum atomic E-state index is -2.31. The zero-order chi connectivity index (χ0) is 23.8. The van der Waals surface area contributed by atoms with Crippen LogP contribution in [0.4, 0.5) is 22.0 Å². The first kappa shape index (κ1) is 23.0. The molecule has 1 aliphatic heterocycles. The fourth-order valence-corrected chi connectivity index (χ4v) is 2.81. The number of carbonyl (C=O) groups is 2. The summed E-state index contributed by atoms with van der Waals surface area (Å²) in [5.74, 6) is -15.5. The number of halogens is 5. The highest BCUT2D eigenvalue weighted by Crippen LogP contribution is 2.31. The van der Waals surface area contributed by atoms with Gasteiger partial charge in [-0.2, -0.15) is 8.78 Å². The Kier molecular flexibility index (Phi) is 6.11. The number of methoxy groups -OCH3 is 1. The average Bonchev–Trinajstić information content (AvgIpc) is 2.73. The molecule has 1 fully saturated rings. The van der Waals surface area contributed by atoms with E-state index in [2.05, 4.69) is 0 Å². The summed E-state index contributed by atoms with van der Waals surface area (Å²) in [6.07, 6.45) is 1.14. The van der Waals surface area contributed by atoms with E-state index in [1.54, 1.807) is 0 Å². The van der Waals surface area contributed by atoms with Gasteiger partial charge in [0.15, 0.2) is 5.75 Å². The molecule has 0 amide bonds. The van der Waals surface area contributed by atoms with Gasteiger partial charge in [-0.25, -0.2) is 22.8 Å². The Morgan fingerprint density at radius 3 is 1.97 bits per heavy atom. The van der Waals surface area contributed by atoms with Gasteiger partial charge in [0, 0.05) is 19.4 Å². The fraction of sp³-hybridized carbons (Fsp3) is 0.238. The maximum absolute atomic E-state index is 13.8. The molecule has 2 aromatic carbocycles. The molecule has 1 aliphatic rings. The molecule has 0 N–H and O–H groups in total. The number of esters is 2. The molecular weight excluding hydrogens is 443 g/mol. The Morgan fingerprint density at radius 1 is 0.906 bits per heavy atom. The largest absolute Gasteiger partial charge is 0.496 e. The van der Waals surface area contributed by atoms with Crippen LogP contribution in [0.1, 0.15) is 25.0 Å². The molecule has 6 nitrogen and oxygen atoms in total. The first-order valence-corrected chi connectivity index (χ1v) is 8.94. The summed E-state index contributed by atoms with van der Waals surface area (Å²) in [6.45, 7) is 2.09. The molecule has 1 heterocycles. The highest BCUT2D eigenvalue weighted by molar-refractivity contribution is 6.18. The smallest absolute Gasteiger partial charge is 0.348 e. The quantitative estimate of drug-likeness (QED) is 0.167. The summed E-state index contributed by atoms with van der Waals surface area (Å²) >= 11 is 0. The third-order valence-corrected chi connectivity index (χ3v) is 4.27. The second-order valence-corrected chi connectivity index (χ2v) is 7.00. The van der Waals surface area contributed by atoms with Gasteiger partial charge in [-0.15, -0.1) is 0 Å². The normalized spacial score (nSPS) is 15.2. The lowest BCUT2D eigenvalue weighted by molar-refractivity contribution is -0.222. The molecule has 0 aromatic heterocycles. The highest BCUT2D eigenvalue weighted by atomic mass is 19.2. The molecule has 32 heavy (non-hydrogen) atoms. The minimum absolute atomic E-state index is 0.115. The van der Waals surface area contributed by atoms with E-state index < -0.39 is 64.7 Å². The van der Waals surface area contributed by atoms with Crippen LogP contribution in [0.3, 0.4) is 0 Å². The minimum Gasteiger partial charge on any atom is -0.496 e. The molecule has 0 spiro atoms. The van der Waals surface area contributed by atoms with E-state index in [9.17, 15) is 31.5 Å². The van der Waals surface area contributed by atoms with Crippen LogP contribution in [0.2, 0.25) is 0 Å². The van der Waals surface area contributed by atoms with Crippen molar-refractivity contribution < 1.29 is 50.5 Å². The molecule has 0 bridgehead atoms. The van der Waals surface area contributed by atoms with Crippen LogP contribution in [0, 0.1) is 29.1 Å². The number of rotatable bonds is 5. The summed E-state index contributed by atoms with van der Waals surface area (Å²) in [4.78, 5) is 24.2. The fourth-order valence-electron chi connectivity index (χ4n) is 2.81. The molecule has 0 saturated carbocycles. The first-order valence-electron chi connectivity index (χ1n) is 8.94. The van der Waals surface area contributed by atoms with Crippen LogP contribution >= 0.6 is 0 Å². The van der Waals surface area contributed by atoms with Crippen molar-refractivity contribution in [2.75, 3.05) is 7.11 Å². The van der Waals surface area contributed by atoms with Gasteiger partial charge in [0.05, 0.1) is 7.11 Å². The summed E-state index contributed by atoms with van der Waals surface area (Å²) in [7, 11) is 1.27. The lowest BCUT2D eigenvalue weighted by Gasteiger charge is -2.29. The number of hydrogen-bond acceptors (Lipinski definition) is 6. The molecular formula is C21H15F5O6. The number of hydrogen-bond donors (Lipinski definition) is 0. The summed E-state index contributed by atoms with van der Waals surface area (Å²) < 4.78 is 87.5. The monoisotopic (exact) mass is 458 g/mol. The van der Waals surface area contributed by atoms with Crippen molar-refractivity contribution in [2.45, 2.75) is 26.2 Å². The van der Waals surface area contributed by atoms with E-state index in [0.717, 1.165) is 6.08 Å². The molecule has 0 aliphatic carbocycles. The van der Waals surface area contributed by atoms with Gasteiger partial charge in [-0.05, 0) is 23.8 Å². The van der Waals surface area contributed by atoms with Gasteiger partial charge < -0.3 is 18.9 Å². The van der Waals surface area contributed by atoms with E-state index in [-0.39, 0.29) is 16.9 Å². The van der Waals surface area contributed by atoms with Gasteiger partial charge in [0.1, 0.15) is 17.9 Å². The number of carbonyl (C=O) groups excluding carboxylic acids is 2. The maximum Gasteiger partial charge on any atom is 0.348 e. The van der Waals surface area contributed by atoms with Crippen LogP contribution in [0.15, 0.2) is 23.8 Å². The van der Waals surface area contributed by atoms with Crippen molar-refractivity contribution in [3.63, 3.8) is 0 Å². The van der Waals surface area contributed by atoms with Crippen LogP contribution in [0.25, 0.3) is 6.08 Å². The first-order chi connectivity index (χ1) is 14.9. The van der Waals surface area contributed by atoms with Gasteiger partial charge in [0.25, 0.3) is 5.79 Å². The highest BCUT2D eigenvalue weighted by Gasteiger charge is 2.38. The summed E-state index contributed by atoms with van der Waals surface area (Å²) in [5, 5.41) is 0. The lowest BCUT2D eigenvalue weighted by atomic mass is 10.1. The predicted octanol–water partition coefficient (Wildman–Crippen LogP) is 4.19. The maximum atomic E-state index is 13.8. The third kappa shape index (κ3) is 4.36. The van der Waals surface area contributed by atoms with Gasteiger partial charge in [0.2, 0.25) is 29.1 Å². The van der Waals surface area contributed by atoms with Crippen LogP contribution in [0.5, 0.6) is 11.5 Å². The molecule has 1 saturated heterocycles. The van der Waals surface area contributed by atoms with E-state index in [4.69, 9.17) is 18.9 Å². The van der Waals surface area contributed by atoms with E-state index in [1.165, 1.54) is 39.2 Å². The Bertz CT molecular complexity index is 1090. The van der Waals surface area contributed by atoms with Gasteiger partial charge in [-0.1, -0.05) is 6.07 Å². The third-order valence-electron chi connectivity index (χ3n) is 4.27. The summed E-state index contributed by atoms with van der Waals surface area (Å²) in [6, 6.07) is 4.14. The standard InChI is InChI=1S/C21H15F5O6/c1-21(2)31-19(27)11(20(28)32-21)7-9-4-5-12(29-3)10(6-9)8-30-18-16(25)14(23)13(22)15(24)17(18)26/h4-7H,8H2,1-3H3. The lowest BCUT2D eigenvalue weighted by Crippen LogP contribution is -2.41. The predicted molar refractivity (Wildman–Crippen MR) is 97.8 cm³/mol. The number of benzene rings is 2. The van der Waals surface area contributed by atoms with E-state index in [0.29, 0.717) is 0 Å². The molecule has 2 aromatic rings. The molecule has 170 valence electrons. The molecule has 0 unspecified atom stereocenters. The van der Waals surface area contributed by atoms with E-state index >= 15 is 0 Å². The van der Waals surface area contributed by atoms with Crippen molar-refractivity contribution in [3.05, 3.63) is 64.0 Å². The molecule has 0 radical (unpaired) electrons. The Hall–Kier alpha value is -3.63. The molecule has 0 atom stereocenters. The van der Waals surface area contributed by atoms with Gasteiger partial charge in [-0.3, -0.25) is 0 Å². The van der Waals surface area contributed by atoms with Crippen molar-refractivity contribution in [1.82, 2.24) is 0 Å². The van der Waals surface area contributed by atoms with Crippen molar-refractivity contribution in [1.29, 1.82) is 0 Å². The SMILES string of the molecule is COc1ccc(C=C2C(=O)OC(C)(C)OC2=O)cc1COc1c(F)c(F)c(F)c(F)c1F. The number of ether oxygens (including phenoxy) is 4. The van der Waals surface area contributed by atoms with E-state index in [1.807, 2.05) is 0 Å². The zero-order valence-electron chi connectivity index (χ0n) is 16.9. The van der Waals surface area contributed by atoms with Crippen LogP contribution < -0.4 is 9.47 Å². The average molecular weight is 458 g/mol. The van der Waals surface area contributed by atoms with Gasteiger partial charge >= 0.3 is 11.9 Å². The van der Waals surface area contributed by atoms with Crippen molar-refractivity contribution >= 4 is 18.0 Å². The zero-order valence-corrected chi connectivity index (χ0v) is 16.9. The van der Waals surface area contributed by atoms with Crippen molar-refractivity contribution in [2.24, 2.45) is 0 Å². The Morgan fingerprint density at radius 2 is 1.44 bits per heavy atom. The summed E-state index contributed by atoms with van der Waals surface area (Å²) in [5.41, 5.74) is -0.0600.